The molecule has 0 heteroatoms. The predicted octanol–water partition coefficient (Wildman–Crippen LogP) is 5.28. The molecule has 0 radical (unpaired) electrons. The second kappa shape index (κ2) is 4.28. The fourth-order valence-electron chi connectivity index (χ4n) is 6.02. The quantitative estimate of drug-likeness (QED) is 0.579. The number of hydrogen-bond donors (Lipinski definition) is 0. The summed E-state index contributed by atoms with van der Waals surface area (Å²) in [5, 5.41) is 0. The molecule has 5 atom stereocenters. The average Bonchev–Trinajstić information content (AvgIpc) is 2.63. The van der Waals surface area contributed by atoms with E-state index in [4.69, 9.17) is 0 Å². The van der Waals surface area contributed by atoms with Crippen LogP contribution in [0.4, 0.5) is 0 Å². The van der Waals surface area contributed by atoms with Crippen LogP contribution in [-0.2, 0) is 0 Å². The summed E-state index contributed by atoms with van der Waals surface area (Å²) in [6, 6.07) is 0. The van der Waals surface area contributed by atoms with Crippen LogP contribution in [-0.4, -0.2) is 0 Å². The van der Waals surface area contributed by atoms with Gasteiger partial charge in [0.05, 0.1) is 0 Å². The van der Waals surface area contributed by atoms with Crippen LogP contribution in [0, 0.1) is 35.0 Å². The second-order valence-electron chi connectivity index (χ2n) is 7.63. The van der Waals surface area contributed by atoms with Gasteiger partial charge in [0.1, 0.15) is 0 Å². The fraction of sp³-hybridized carbons (Fsp3) is 1.00. The molecule has 3 saturated carbocycles. The summed E-state index contributed by atoms with van der Waals surface area (Å²) in [5.74, 6) is 5.26. The van der Waals surface area contributed by atoms with Gasteiger partial charge in [0, 0.05) is 0 Å². The van der Waals surface area contributed by atoms with Crippen LogP contribution in [0.5, 0.6) is 0 Å². The first-order valence-corrected chi connectivity index (χ1v) is 8.15. The first-order chi connectivity index (χ1) is 8.15. The molecule has 0 aromatic carbocycles. The topological polar surface area (TPSA) is 0 Å². The van der Waals surface area contributed by atoms with Crippen molar-refractivity contribution in [3.8, 4) is 0 Å². The van der Waals surface area contributed by atoms with Gasteiger partial charge in [-0.1, -0.05) is 46.5 Å². The van der Waals surface area contributed by atoms with Crippen LogP contribution < -0.4 is 0 Å². The highest BCUT2D eigenvalue weighted by molar-refractivity contribution is 5.06. The summed E-state index contributed by atoms with van der Waals surface area (Å²) in [6.07, 6.45) is 12.3. The third-order valence-electron chi connectivity index (χ3n) is 7.03. The lowest BCUT2D eigenvalue weighted by Gasteiger charge is -2.44. The third-order valence-corrected chi connectivity index (χ3v) is 7.03. The molecule has 0 aromatic rings. The zero-order valence-electron chi connectivity index (χ0n) is 12.0. The highest BCUT2D eigenvalue weighted by Crippen LogP contribution is 2.65. The van der Waals surface area contributed by atoms with Gasteiger partial charge in [0.15, 0.2) is 0 Å². The zero-order valence-corrected chi connectivity index (χ0v) is 12.0. The lowest BCUT2D eigenvalue weighted by Crippen LogP contribution is -2.37. The number of fused-ring (bicyclic) bond motifs is 3. The van der Waals surface area contributed by atoms with E-state index in [2.05, 4.69) is 20.8 Å². The van der Waals surface area contributed by atoms with Crippen molar-refractivity contribution in [1.82, 2.24) is 0 Å². The fourth-order valence-corrected chi connectivity index (χ4v) is 6.02. The average molecular weight is 234 g/mol. The molecule has 98 valence electrons. The molecule has 0 saturated heterocycles. The Balaban J connectivity index is 1.95. The Morgan fingerprint density at radius 2 is 1.18 bits per heavy atom. The maximum Gasteiger partial charge on any atom is -0.0241 e. The first-order valence-electron chi connectivity index (χ1n) is 8.15. The summed E-state index contributed by atoms with van der Waals surface area (Å²) < 4.78 is 0. The lowest BCUT2D eigenvalue weighted by molar-refractivity contribution is 0.0478. The minimum absolute atomic E-state index is 0.677. The van der Waals surface area contributed by atoms with Crippen molar-refractivity contribution in [2.24, 2.45) is 35.0 Å². The van der Waals surface area contributed by atoms with E-state index in [-0.39, 0.29) is 0 Å². The van der Waals surface area contributed by atoms with Gasteiger partial charge in [0.2, 0.25) is 0 Å². The molecule has 0 aromatic heterocycles. The minimum atomic E-state index is 0.677. The molecule has 0 spiro atoms. The van der Waals surface area contributed by atoms with Crippen LogP contribution >= 0.6 is 0 Å². The van der Waals surface area contributed by atoms with Gasteiger partial charge in [0.25, 0.3) is 0 Å². The van der Waals surface area contributed by atoms with Gasteiger partial charge in [-0.15, -0.1) is 0 Å². The van der Waals surface area contributed by atoms with E-state index in [1.165, 1.54) is 25.7 Å². The molecule has 17 heavy (non-hydrogen) atoms. The van der Waals surface area contributed by atoms with Crippen molar-refractivity contribution in [2.75, 3.05) is 0 Å². The summed E-state index contributed by atoms with van der Waals surface area (Å²) >= 11 is 0. The zero-order chi connectivity index (χ0) is 12.0. The summed E-state index contributed by atoms with van der Waals surface area (Å²) in [7, 11) is 0. The Morgan fingerprint density at radius 1 is 0.765 bits per heavy atom. The van der Waals surface area contributed by atoms with Crippen LogP contribution in [0.3, 0.4) is 0 Å². The van der Waals surface area contributed by atoms with Gasteiger partial charge in [-0.3, -0.25) is 0 Å². The SMILES string of the molecule is CC(C)C1(C)[C@@H]2CCCC[C@H]2[C@H]2CCCC[C@@H]21. The van der Waals surface area contributed by atoms with Crippen molar-refractivity contribution < 1.29 is 0 Å². The summed E-state index contributed by atoms with van der Waals surface area (Å²) in [4.78, 5) is 0. The highest BCUT2D eigenvalue weighted by Gasteiger charge is 2.58. The monoisotopic (exact) mass is 234 g/mol. The van der Waals surface area contributed by atoms with Crippen LogP contribution in [0.2, 0.25) is 0 Å². The van der Waals surface area contributed by atoms with Gasteiger partial charge in [-0.2, -0.15) is 0 Å². The Labute approximate surface area is 108 Å². The normalized spacial score (nSPS) is 50.1. The minimum Gasteiger partial charge on any atom is -0.0622 e. The van der Waals surface area contributed by atoms with Crippen molar-refractivity contribution >= 4 is 0 Å². The van der Waals surface area contributed by atoms with Crippen molar-refractivity contribution in [1.29, 1.82) is 0 Å². The molecule has 0 amide bonds. The van der Waals surface area contributed by atoms with Gasteiger partial charge in [-0.25, -0.2) is 0 Å². The van der Waals surface area contributed by atoms with E-state index in [9.17, 15) is 0 Å². The molecule has 0 bridgehead atoms. The van der Waals surface area contributed by atoms with E-state index >= 15 is 0 Å². The van der Waals surface area contributed by atoms with Gasteiger partial charge >= 0.3 is 0 Å². The first kappa shape index (κ1) is 12.1. The predicted molar refractivity (Wildman–Crippen MR) is 73.8 cm³/mol. The third kappa shape index (κ3) is 1.62. The van der Waals surface area contributed by atoms with E-state index in [1.807, 2.05) is 0 Å². The van der Waals surface area contributed by atoms with E-state index in [1.54, 1.807) is 25.7 Å². The number of rotatable bonds is 1. The molecule has 0 nitrogen and oxygen atoms in total. The molecule has 3 fully saturated rings. The molecule has 3 aliphatic rings. The summed E-state index contributed by atoms with van der Waals surface area (Å²) in [6.45, 7) is 7.67. The summed E-state index contributed by atoms with van der Waals surface area (Å²) in [5.41, 5.74) is 0.677. The molecule has 3 rings (SSSR count). The Bertz CT molecular complexity index is 256. The maximum absolute atomic E-state index is 2.66. The van der Waals surface area contributed by atoms with Crippen molar-refractivity contribution in [2.45, 2.75) is 72.1 Å². The van der Waals surface area contributed by atoms with Gasteiger partial charge < -0.3 is 0 Å². The lowest BCUT2D eigenvalue weighted by atomic mass is 9.61. The molecule has 0 aliphatic heterocycles. The van der Waals surface area contributed by atoms with Crippen LogP contribution in [0.15, 0.2) is 0 Å². The Morgan fingerprint density at radius 3 is 1.59 bits per heavy atom. The molecule has 1 unspecified atom stereocenters. The molecule has 0 heterocycles. The van der Waals surface area contributed by atoms with Crippen molar-refractivity contribution in [3.63, 3.8) is 0 Å². The van der Waals surface area contributed by atoms with Crippen LogP contribution in [0.25, 0.3) is 0 Å². The highest BCUT2D eigenvalue weighted by atomic mass is 14.6. The maximum atomic E-state index is 2.66. The van der Waals surface area contributed by atoms with Crippen molar-refractivity contribution in [3.05, 3.63) is 0 Å². The van der Waals surface area contributed by atoms with Gasteiger partial charge in [-0.05, 0) is 60.7 Å². The molecular formula is C17H30. The Kier molecular flexibility index (Phi) is 3.04. The molecule has 0 N–H and O–H groups in total. The van der Waals surface area contributed by atoms with E-state index in [0.29, 0.717) is 5.41 Å². The molecule has 3 aliphatic carbocycles. The largest absolute Gasteiger partial charge is 0.0622 e. The van der Waals surface area contributed by atoms with E-state index in [0.717, 1.165) is 29.6 Å². The van der Waals surface area contributed by atoms with E-state index < -0.39 is 0 Å². The number of hydrogen-bond acceptors (Lipinski definition) is 0. The Hall–Kier alpha value is 0. The van der Waals surface area contributed by atoms with Crippen LogP contribution in [0.1, 0.15) is 72.1 Å². The second-order valence-corrected chi connectivity index (χ2v) is 7.63. The standard InChI is InChI=1S/C17H30/c1-12(2)17(3)15-10-6-4-8-13(15)14-9-5-7-11-16(14)17/h12-16H,4-11H2,1-3H3/t13-,14+,15+,16-,17?. The molecular weight excluding hydrogens is 204 g/mol. The smallest absolute Gasteiger partial charge is 0.0241 e.